The first-order valence-electron chi connectivity index (χ1n) is 4.79. The molecule has 1 saturated heterocycles. The maximum Gasteiger partial charge on any atom is 0.0864 e. The normalized spacial score (nSPS) is 26.4. The SMILES string of the molecule is C=C(c1ccccc1)[C@H]1COC[C@H]1O. The van der Waals surface area contributed by atoms with Gasteiger partial charge in [0.1, 0.15) is 0 Å². The Kier molecular flexibility index (Phi) is 2.66. The van der Waals surface area contributed by atoms with E-state index in [0.717, 1.165) is 11.1 Å². The summed E-state index contributed by atoms with van der Waals surface area (Å²) in [4.78, 5) is 0. The lowest BCUT2D eigenvalue weighted by molar-refractivity contribution is 0.123. The van der Waals surface area contributed by atoms with Gasteiger partial charge < -0.3 is 9.84 Å². The highest BCUT2D eigenvalue weighted by molar-refractivity contribution is 5.65. The number of ether oxygens (including phenoxy) is 1. The standard InChI is InChI=1S/C12H14O2/c1-9(10-5-3-2-4-6-10)11-7-14-8-12(11)13/h2-6,11-13H,1,7-8H2/t11-,12-/m1/s1. The minimum atomic E-state index is -0.400. The van der Waals surface area contributed by atoms with Crippen LogP contribution in [0.5, 0.6) is 0 Å². The van der Waals surface area contributed by atoms with Crippen molar-refractivity contribution in [2.45, 2.75) is 6.10 Å². The number of aliphatic hydroxyl groups is 1. The molecule has 1 aliphatic heterocycles. The van der Waals surface area contributed by atoms with Crippen molar-refractivity contribution in [3.63, 3.8) is 0 Å². The second-order valence-electron chi connectivity index (χ2n) is 3.60. The number of aliphatic hydroxyl groups excluding tert-OH is 1. The van der Waals surface area contributed by atoms with E-state index >= 15 is 0 Å². The van der Waals surface area contributed by atoms with Crippen LogP contribution in [0.25, 0.3) is 5.57 Å². The van der Waals surface area contributed by atoms with Crippen molar-refractivity contribution >= 4 is 5.57 Å². The van der Waals surface area contributed by atoms with Gasteiger partial charge in [0.25, 0.3) is 0 Å². The first kappa shape index (κ1) is 9.44. The van der Waals surface area contributed by atoms with Crippen LogP contribution < -0.4 is 0 Å². The van der Waals surface area contributed by atoms with Gasteiger partial charge in [0.2, 0.25) is 0 Å². The second-order valence-corrected chi connectivity index (χ2v) is 3.60. The molecule has 2 nitrogen and oxygen atoms in total. The quantitative estimate of drug-likeness (QED) is 0.769. The summed E-state index contributed by atoms with van der Waals surface area (Å²) in [6.45, 7) is 5.02. The van der Waals surface area contributed by atoms with Crippen LogP contribution in [0.2, 0.25) is 0 Å². The third-order valence-corrected chi connectivity index (χ3v) is 2.64. The van der Waals surface area contributed by atoms with E-state index in [-0.39, 0.29) is 5.92 Å². The molecule has 0 aliphatic carbocycles. The third-order valence-electron chi connectivity index (χ3n) is 2.64. The molecule has 0 spiro atoms. The van der Waals surface area contributed by atoms with Crippen LogP contribution in [0.15, 0.2) is 36.9 Å². The number of hydrogen-bond acceptors (Lipinski definition) is 2. The fourth-order valence-electron chi connectivity index (χ4n) is 1.74. The zero-order chi connectivity index (χ0) is 9.97. The van der Waals surface area contributed by atoms with Gasteiger partial charge in [-0.25, -0.2) is 0 Å². The van der Waals surface area contributed by atoms with E-state index in [4.69, 9.17) is 4.74 Å². The molecule has 1 fully saturated rings. The highest BCUT2D eigenvalue weighted by atomic mass is 16.5. The minimum absolute atomic E-state index is 0.0531. The molecular weight excluding hydrogens is 176 g/mol. The predicted molar refractivity (Wildman–Crippen MR) is 55.8 cm³/mol. The third kappa shape index (κ3) is 1.72. The van der Waals surface area contributed by atoms with Crippen LogP contribution in [0, 0.1) is 5.92 Å². The van der Waals surface area contributed by atoms with Crippen molar-refractivity contribution in [2.75, 3.05) is 13.2 Å². The number of rotatable bonds is 2. The zero-order valence-electron chi connectivity index (χ0n) is 8.02. The molecule has 0 radical (unpaired) electrons. The number of hydrogen-bond donors (Lipinski definition) is 1. The Labute approximate surface area is 83.8 Å². The molecule has 74 valence electrons. The van der Waals surface area contributed by atoms with Gasteiger partial charge >= 0.3 is 0 Å². The Bertz CT molecular complexity index is 318. The lowest BCUT2D eigenvalue weighted by Gasteiger charge is -2.15. The maximum atomic E-state index is 9.63. The molecule has 0 saturated carbocycles. The fraction of sp³-hybridized carbons (Fsp3) is 0.333. The molecule has 2 heteroatoms. The monoisotopic (exact) mass is 190 g/mol. The largest absolute Gasteiger partial charge is 0.390 e. The van der Waals surface area contributed by atoms with Gasteiger partial charge in [0.15, 0.2) is 0 Å². The van der Waals surface area contributed by atoms with Crippen LogP contribution in [0.4, 0.5) is 0 Å². The second kappa shape index (κ2) is 3.95. The summed E-state index contributed by atoms with van der Waals surface area (Å²) in [5.74, 6) is 0.0531. The minimum Gasteiger partial charge on any atom is -0.390 e. The van der Waals surface area contributed by atoms with Gasteiger partial charge in [-0.2, -0.15) is 0 Å². The molecule has 2 rings (SSSR count). The molecule has 1 aromatic carbocycles. The van der Waals surface area contributed by atoms with Crippen LogP contribution in [-0.4, -0.2) is 24.4 Å². The predicted octanol–water partition coefficient (Wildman–Crippen LogP) is 1.71. The first-order chi connectivity index (χ1) is 6.79. The van der Waals surface area contributed by atoms with Crippen molar-refractivity contribution in [2.24, 2.45) is 5.92 Å². The van der Waals surface area contributed by atoms with E-state index in [9.17, 15) is 5.11 Å². The summed E-state index contributed by atoms with van der Waals surface area (Å²) >= 11 is 0. The van der Waals surface area contributed by atoms with Crippen molar-refractivity contribution in [1.29, 1.82) is 0 Å². The molecule has 1 aromatic rings. The molecule has 1 N–H and O–H groups in total. The van der Waals surface area contributed by atoms with Gasteiger partial charge in [-0.15, -0.1) is 0 Å². The summed E-state index contributed by atoms with van der Waals surface area (Å²) < 4.78 is 5.20. The molecule has 1 aliphatic rings. The lowest BCUT2D eigenvalue weighted by atomic mass is 9.92. The molecule has 1 heterocycles. The Balaban J connectivity index is 2.16. The summed E-state index contributed by atoms with van der Waals surface area (Å²) in [6, 6.07) is 9.94. The lowest BCUT2D eigenvalue weighted by Crippen LogP contribution is -2.18. The van der Waals surface area contributed by atoms with Gasteiger partial charge in [0.05, 0.1) is 19.3 Å². The van der Waals surface area contributed by atoms with Crippen LogP contribution in [-0.2, 0) is 4.74 Å². The van der Waals surface area contributed by atoms with Crippen LogP contribution in [0.3, 0.4) is 0 Å². The van der Waals surface area contributed by atoms with E-state index in [1.54, 1.807) is 0 Å². The molecule has 2 atom stereocenters. The highest BCUT2D eigenvalue weighted by Crippen LogP contribution is 2.28. The molecule has 0 bridgehead atoms. The van der Waals surface area contributed by atoms with E-state index in [0.29, 0.717) is 13.2 Å². The molecule has 0 aromatic heterocycles. The van der Waals surface area contributed by atoms with Crippen molar-refractivity contribution < 1.29 is 9.84 Å². The van der Waals surface area contributed by atoms with E-state index in [1.807, 2.05) is 30.3 Å². The topological polar surface area (TPSA) is 29.5 Å². The summed E-state index contributed by atoms with van der Waals surface area (Å²) in [5.41, 5.74) is 2.05. The average Bonchev–Trinajstić information content (AvgIpc) is 2.65. The summed E-state index contributed by atoms with van der Waals surface area (Å²) in [6.07, 6.45) is -0.400. The van der Waals surface area contributed by atoms with Crippen molar-refractivity contribution in [3.05, 3.63) is 42.5 Å². The van der Waals surface area contributed by atoms with Crippen LogP contribution >= 0.6 is 0 Å². The molecule has 0 amide bonds. The zero-order valence-corrected chi connectivity index (χ0v) is 8.02. The van der Waals surface area contributed by atoms with E-state index in [1.165, 1.54) is 0 Å². The Morgan fingerprint density at radius 2 is 2.00 bits per heavy atom. The van der Waals surface area contributed by atoms with Gasteiger partial charge in [-0.3, -0.25) is 0 Å². The van der Waals surface area contributed by atoms with E-state index < -0.39 is 6.10 Å². The fourth-order valence-corrected chi connectivity index (χ4v) is 1.74. The first-order valence-corrected chi connectivity index (χ1v) is 4.79. The summed E-state index contributed by atoms with van der Waals surface area (Å²) in [7, 11) is 0. The van der Waals surface area contributed by atoms with Crippen molar-refractivity contribution in [3.8, 4) is 0 Å². The maximum absolute atomic E-state index is 9.63. The van der Waals surface area contributed by atoms with Gasteiger partial charge in [-0.1, -0.05) is 36.9 Å². The number of benzene rings is 1. The molecular formula is C12H14O2. The Hall–Kier alpha value is -1.12. The summed E-state index contributed by atoms with van der Waals surface area (Å²) in [5, 5.41) is 9.63. The van der Waals surface area contributed by atoms with Crippen molar-refractivity contribution in [1.82, 2.24) is 0 Å². The van der Waals surface area contributed by atoms with Gasteiger partial charge in [-0.05, 0) is 11.1 Å². The Morgan fingerprint density at radius 3 is 2.57 bits per heavy atom. The Morgan fingerprint density at radius 1 is 1.29 bits per heavy atom. The molecule has 14 heavy (non-hydrogen) atoms. The molecule has 0 unspecified atom stereocenters. The highest BCUT2D eigenvalue weighted by Gasteiger charge is 2.28. The van der Waals surface area contributed by atoms with Gasteiger partial charge in [0, 0.05) is 5.92 Å². The van der Waals surface area contributed by atoms with Crippen LogP contribution in [0.1, 0.15) is 5.56 Å². The average molecular weight is 190 g/mol. The van der Waals surface area contributed by atoms with E-state index in [2.05, 4.69) is 6.58 Å². The smallest absolute Gasteiger partial charge is 0.0864 e.